The molecule has 9 N–H and O–H groups in total. The standard InChI is InChI=1S/C21H28N6O6S/c22-8-18(29)25-15(7-11-9-24-13-4-2-1-3-12(11)13)19(30)27-16(10-34)20(31)26-14(21(32)33)5-6-17(23)28/h1-4,9,14-16,24,34H,5-8,10,22H2,(H2,23,28)(H,25,29)(H,26,31)(H,27,30)(H,32,33). The highest BCUT2D eigenvalue weighted by molar-refractivity contribution is 7.80. The Bertz CT molecular complexity index is 1060. The number of thiol groups is 1. The molecule has 0 bridgehead atoms. The molecule has 12 nitrogen and oxygen atoms in total. The summed E-state index contributed by atoms with van der Waals surface area (Å²) in [4.78, 5) is 63.0. The fourth-order valence-electron chi connectivity index (χ4n) is 3.27. The van der Waals surface area contributed by atoms with Crippen molar-refractivity contribution in [1.29, 1.82) is 0 Å². The lowest BCUT2D eigenvalue weighted by Crippen LogP contribution is -2.57. The molecule has 1 aromatic carbocycles. The van der Waals surface area contributed by atoms with E-state index in [0.29, 0.717) is 0 Å². The van der Waals surface area contributed by atoms with E-state index in [-0.39, 0.29) is 31.6 Å². The molecule has 1 heterocycles. The Morgan fingerprint density at radius 3 is 2.26 bits per heavy atom. The number of rotatable bonds is 13. The van der Waals surface area contributed by atoms with Gasteiger partial charge in [0, 0.05) is 35.7 Å². The van der Waals surface area contributed by atoms with E-state index in [0.717, 1.165) is 16.5 Å². The van der Waals surface area contributed by atoms with Crippen LogP contribution in [0.15, 0.2) is 30.5 Å². The Kier molecular flexibility index (Phi) is 9.89. The van der Waals surface area contributed by atoms with Gasteiger partial charge in [0.05, 0.1) is 6.54 Å². The van der Waals surface area contributed by atoms with Crippen molar-refractivity contribution in [2.24, 2.45) is 11.5 Å². The predicted octanol–water partition coefficient (Wildman–Crippen LogP) is -1.60. The molecule has 3 atom stereocenters. The Morgan fingerprint density at radius 2 is 1.65 bits per heavy atom. The number of carboxylic acid groups (broad SMARTS) is 1. The largest absolute Gasteiger partial charge is 0.480 e. The number of aliphatic carboxylic acids is 1. The van der Waals surface area contributed by atoms with Gasteiger partial charge < -0.3 is 37.5 Å². The number of para-hydroxylation sites is 1. The van der Waals surface area contributed by atoms with Gasteiger partial charge in [0.15, 0.2) is 0 Å². The van der Waals surface area contributed by atoms with Gasteiger partial charge in [0.1, 0.15) is 18.1 Å². The number of benzene rings is 1. The van der Waals surface area contributed by atoms with Crippen LogP contribution in [0, 0.1) is 0 Å². The maximum absolute atomic E-state index is 13.0. The molecule has 2 rings (SSSR count). The first-order chi connectivity index (χ1) is 16.2. The van der Waals surface area contributed by atoms with Crippen molar-refractivity contribution in [3.05, 3.63) is 36.0 Å². The van der Waals surface area contributed by atoms with Gasteiger partial charge in [-0.25, -0.2) is 4.79 Å². The minimum Gasteiger partial charge on any atom is -0.480 e. The molecule has 34 heavy (non-hydrogen) atoms. The van der Waals surface area contributed by atoms with E-state index in [1.54, 1.807) is 6.20 Å². The third kappa shape index (κ3) is 7.49. The number of hydrogen-bond acceptors (Lipinski definition) is 7. The van der Waals surface area contributed by atoms with Crippen LogP contribution in [0.5, 0.6) is 0 Å². The maximum atomic E-state index is 13.0. The van der Waals surface area contributed by atoms with Crippen LogP contribution in [0.1, 0.15) is 18.4 Å². The van der Waals surface area contributed by atoms with Crippen molar-refractivity contribution in [2.45, 2.75) is 37.4 Å². The van der Waals surface area contributed by atoms with E-state index in [1.165, 1.54) is 0 Å². The Hall–Kier alpha value is -3.58. The average molecular weight is 493 g/mol. The van der Waals surface area contributed by atoms with Crippen LogP contribution in [0.3, 0.4) is 0 Å². The number of carbonyl (C=O) groups excluding carboxylic acids is 4. The maximum Gasteiger partial charge on any atom is 0.326 e. The first kappa shape index (κ1) is 26.7. The van der Waals surface area contributed by atoms with Crippen LogP contribution in [-0.2, 0) is 30.4 Å². The highest BCUT2D eigenvalue weighted by Gasteiger charge is 2.29. The first-order valence-electron chi connectivity index (χ1n) is 10.4. The number of carbonyl (C=O) groups is 5. The van der Waals surface area contributed by atoms with Crippen molar-refractivity contribution >= 4 is 53.1 Å². The third-order valence-electron chi connectivity index (χ3n) is 5.05. The van der Waals surface area contributed by atoms with E-state index in [1.807, 2.05) is 24.3 Å². The van der Waals surface area contributed by atoms with Crippen molar-refractivity contribution in [3.63, 3.8) is 0 Å². The summed E-state index contributed by atoms with van der Waals surface area (Å²) in [6.07, 6.45) is 1.38. The molecule has 0 fully saturated rings. The van der Waals surface area contributed by atoms with Crippen LogP contribution in [0.25, 0.3) is 10.9 Å². The molecule has 3 unspecified atom stereocenters. The van der Waals surface area contributed by atoms with Gasteiger partial charge in [-0.1, -0.05) is 18.2 Å². The van der Waals surface area contributed by atoms with E-state index in [9.17, 15) is 29.1 Å². The Balaban J connectivity index is 2.14. The molecule has 2 aromatic rings. The second-order valence-electron chi connectivity index (χ2n) is 7.54. The number of carboxylic acids is 1. The summed E-state index contributed by atoms with van der Waals surface area (Å²) in [6, 6.07) is 3.78. The van der Waals surface area contributed by atoms with Gasteiger partial charge >= 0.3 is 5.97 Å². The summed E-state index contributed by atoms with van der Waals surface area (Å²) < 4.78 is 0. The number of primary amides is 1. The minimum absolute atomic E-state index is 0.110. The number of fused-ring (bicyclic) bond motifs is 1. The van der Waals surface area contributed by atoms with Gasteiger partial charge in [-0.3, -0.25) is 19.2 Å². The third-order valence-corrected chi connectivity index (χ3v) is 5.41. The van der Waals surface area contributed by atoms with E-state index >= 15 is 0 Å². The highest BCUT2D eigenvalue weighted by Crippen LogP contribution is 2.19. The number of aromatic nitrogens is 1. The van der Waals surface area contributed by atoms with Gasteiger partial charge in [0.2, 0.25) is 23.6 Å². The zero-order chi connectivity index (χ0) is 25.3. The van der Waals surface area contributed by atoms with E-state index < -0.39 is 47.7 Å². The summed E-state index contributed by atoms with van der Waals surface area (Å²) in [5, 5.41) is 17.4. The monoisotopic (exact) mass is 492 g/mol. The van der Waals surface area contributed by atoms with Crippen LogP contribution in [0.2, 0.25) is 0 Å². The molecule has 0 aliphatic heterocycles. The number of nitrogens with two attached hydrogens (primary N) is 2. The number of amides is 4. The fraction of sp³-hybridized carbons (Fsp3) is 0.381. The zero-order valence-electron chi connectivity index (χ0n) is 18.2. The van der Waals surface area contributed by atoms with Crippen molar-refractivity contribution in [2.75, 3.05) is 12.3 Å². The molecule has 4 amide bonds. The topological polar surface area (TPSA) is 209 Å². The fourth-order valence-corrected chi connectivity index (χ4v) is 3.52. The van der Waals surface area contributed by atoms with Gasteiger partial charge in [-0.15, -0.1) is 0 Å². The van der Waals surface area contributed by atoms with Gasteiger partial charge in [-0.05, 0) is 18.1 Å². The lowest BCUT2D eigenvalue weighted by Gasteiger charge is -2.23. The van der Waals surface area contributed by atoms with Crippen LogP contribution < -0.4 is 27.4 Å². The lowest BCUT2D eigenvalue weighted by atomic mass is 10.0. The number of aromatic amines is 1. The zero-order valence-corrected chi connectivity index (χ0v) is 19.1. The molecule has 0 aliphatic rings. The van der Waals surface area contributed by atoms with Gasteiger partial charge in [0.25, 0.3) is 0 Å². The highest BCUT2D eigenvalue weighted by atomic mass is 32.1. The van der Waals surface area contributed by atoms with Crippen molar-refractivity contribution in [3.8, 4) is 0 Å². The summed E-state index contributed by atoms with van der Waals surface area (Å²) in [7, 11) is 0. The van der Waals surface area contributed by atoms with E-state index in [2.05, 4.69) is 33.6 Å². The number of H-pyrrole nitrogens is 1. The van der Waals surface area contributed by atoms with Gasteiger partial charge in [-0.2, -0.15) is 12.6 Å². The molecule has 1 aromatic heterocycles. The second kappa shape index (κ2) is 12.6. The quantitative estimate of drug-likeness (QED) is 0.153. The average Bonchev–Trinajstić information content (AvgIpc) is 3.21. The molecular weight excluding hydrogens is 464 g/mol. The summed E-state index contributed by atoms with van der Waals surface area (Å²) >= 11 is 4.07. The summed E-state index contributed by atoms with van der Waals surface area (Å²) in [6.45, 7) is -0.339. The van der Waals surface area contributed by atoms with Crippen molar-refractivity contribution in [1.82, 2.24) is 20.9 Å². The minimum atomic E-state index is -1.38. The predicted molar refractivity (Wildman–Crippen MR) is 127 cm³/mol. The van der Waals surface area contributed by atoms with Crippen LogP contribution in [0.4, 0.5) is 0 Å². The molecular formula is C21H28N6O6S. The van der Waals surface area contributed by atoms with Crippen LogP contribution in [-0.4, -0.2) is 70.1 Å². The van der Waals surface area contributed by atoms with Crippen molar-refractivity contribution < 1.29 is 29.1 Å². The normalized spacial score (nSPS) is 13.5. The molecule has 13 heteroatoms. The first-order valence-corrected chi connectivity index (χ1v) is 11.1. The molecule has 0 saturated carbocycles. The summed E-state index contributed by atoms with van der Waals surface area (Å²) in [5.41, 5.74) is 12.0. The SMILES string of the molecule is NCC(=O)NC(Cc1c[nH]c2ccccc12)C(=O)NC(CS)C(=O)NC(CCC(N)=O)C(=O)O. The van der Waals surface area contributed by atoms with Crippen LogP contribution >= 0.6 is 12.6 Å². The Labute approximate surface area is 200 Å². The summed E-state index contributed by atoms with van der Waals surface area (Å²) in [5.74, 6) is -4.27. The lowest BCUT2D eigenvalue weighted by molar-refractivity contribution is -0.142. The van der Waals surface area contributed by atoms with E-state index in [4.69, 9.17) is 11.5 Å². The number of hydrogen-bond donors (Lipinski definition) is 8. The molecule has 0 aliphatic carbocycles. The Morgan fingerprint density at radius 1 is 1.00 bits per heavy atom. The molecule has 0 radical (unpaired) electrons. The second-order valence-corrected chi connectivity index (χ2v) is 7.90. The molecule has 0 saturated heterocycles. The smallest absolute Gasteiger partial charge is 0.326 e. The number of nitrogens with one attached hydrogen (secondary N) is 4. The molecule has 0 spiro atoms. The molecule has 184 valence electrons.